The molecular weight excluding hydrogens is 462 g/mol. The van der Waals surface area contributed by atoms with Gasteiger partial charge in [0, 0.05) is 17.9 Å². The first-order valence-corrected chi connectivity index (χ1v) is 13.6. The van der Waals surface area contributed by atoms with Gasteiger partial charge in [0.2, 0.25) is 5.95 Å². The van der Waals surface area contributed by atoms with Crippen LogP contribution in [0.5, 0.6) is 5.75 Å². The van der Waals surface area contributed by atoms with E-state index in [2.05, 4.69) is 52.7 Å². The second-order valence-electron chi connectivity index (χ2n) is 10.1. The van der Waals surface area contributed by atoms with Gasteiger partial charge in [-0.25, -0.2) is 4.52 Å². The first kappa shape index (κ1) is 23.9. The molecule has 37 heavy (non-hydrogen) atoms. The van der Waals surface area contributed by atoms with Gasteiger partial charge < -0.3 is 19.7 Å². The number of pyridine rings is 1. The number of fused-ring (bicyclic) bond motifs is 1. The number of benzene rings is 2. The Bertz CT molecular complexity index is 1290. The van der Waals surface area contributed by atoms with Crippen LogP contribution in [0.1, 0.15) is 37.7 Å². The van der Waals surface area contributed by atoms with Crippen molar-refractivity contribution < 1.29 is 9.47 Å². The van der Waals surface area contributed by atoms with Crippen LogP contribution >= 0.6 is 0 Å². The van der Waals surface area contributed by atoms with Gasteiger partial charge in [0.1, 0.15) is 12.4 Å². The lowest BCUT2D eigenvalue weighted by Gasteiger charge is -2.14. The molecule has 2 aromatic heterocycles. The van der Waals surface area contributed by atoms with Gasteiger partial charge in [0.15, 0.2) is 5.65 Å². The molecule has 0 aliphatic carbocycles. The predicted octanol–water partition coefficient (Wildman–Crippen LogP) is 5.73. The number of anilines is 2. The number of hydrogen-bond acceptors (Lipinski definition) is 6. The zero-order valence-electron chi connectivity index (χ0n) is 21.3. The fraction of sp³-hybridized carbons (Fsp3) is 0.400. The second-order valence-corrected chi connectivity index (χ2v) is 10.1. The van der Waals surface area contributed by atoms with E-state index in [1.54, 1.807) is 0 Å². The highest BCUT2D eigenvalue weighted by atomic mass is 16.5. The zero-order valence-corrected chi connectivity index (χ0v) is 21.3. The molecule has 0 spiro atoms. The minimum Gasteiger partial charge on any atom is -0.491 e. The van der Waals surface area contributed by atoms with Crippen LogP contribution in [0.2, 0.25) is 0 Å². The summed E-state index contributed by atoms with van der Waals surface area (Å²) >= 11 is 0. The number of hydrogen-bond donors (Lipinski definition) is 1. The van der Waals surface area contributed by atoms with Crippen molar-refractivity contribution in [3.63, 3.8) is 0 Å². The molecule has 7 heteroatoms. The molecule has 7 nitrogen and oxygen atoms in total. The van der Waals surface area contributed by atoms with Gasteiger partial charge in [-0.1, -0.05) is 18.2 Å². The summed E-state index contributed by atoms with van der Waals surface area (Å²) in [7, 11) is 0. The molecule has 4 heterocycles. The molecule has 2 aromatic carbocycles. The fourth-order valence-electron chi connectivity index (χ4n) is 5.26. The highest BCUT2D eigenvalue weighted by molar-refractivity contribution is 5.65. The van der Waals surface area contributed by atoms with Gasteiger partial charge >= 0.3 is 0 Å². The molecule has 2 saturated heterocycles. The molecule has 4 aromatic rings. The van der Waals surface area contributed by atoms with Crippen LogP contribution in [0, 0.1) is 0 Å². The van der Waals surface area contributed by atoms with Crippen LogP contribution in [0.4, 0.5) is 11.6 Å². The summed E-state index contributed by atoms with van der Waals surface area (Å²) in [6.07, 6.45) is 7.46. The number of likely N-dealkylation sites (tertiary alicyclic amines) is 1. The Hall–Kier alpha value is -3.42. The molecule has 6 rings (SSSR count). The molecule has 192 valence electrons. The van der Waals surface area contributed by atoms with Crippen molar-refractivity contribution in [3.8, 4) is 17.0 Å². The number of rotatable bonds is 10. The maximum absolute atomic E-state index is 5.92. The van der Waals surface area contributed by atoms with E-state index in [1.807, 2.05) is 28.8 Å². The molecule has 0 radical (unpaired) electrons. The quantitative estimate of drug-likeness (QED) is 0.302. The Morgan fingerprint density at radius 3 is 2.57 bits per heavy atom. The number of aryl methyl sites for hydroxylation is 1. The standard InChI is InChI=1S/C30H35N5O2/c1-2-19-34(18-1)20-4-6-23-10-14-25(15-11-23)31-30-32-29-9-3-8-28(35(29)33-30)24-12-16-26(17-13-24)37-22-27-7-5-21-36-27/h3,8-17,27H,1-2,4-7,18-22H2,(H,31,33). The topological polar surface area (TPSA) is 63.9 Å². The lowest BCUT2D eigenvalue weighted by Crippen LogP contribution is -2.20. The Morgan fingerprint density at radius 2 is 1.78 bits per heavy atom. The summed E-state index contributed by atoms with van der Waals surface area (Å²) in [5, 5.41) is 8.12. The average molecular weight is 498 g/mol. The third-order valence-electron chi connectivity index (χ3n) is 7.32. The van der Waals surface area contributed by atoms with Crippen LogP contribution < -0.4 is 10.1 Å². The molecule has 1 unspecified atom stereocenters. The maximum Gasteiger partial charge on any atom is 0.247 e. The van der Waals surface area contributed by atoms with Gasteiger partial charge in [-0.3, -0.25) is 0 Å². The number of aromatic nitrogens is 3. The van der Waals surface area contributed by atoms with Gasteiger partial charge in [-0.05, 0) is 112 Å². The van der Waals surface area contributed by atoms with Crippen LogP contribution in [-0.2, 0) is 11.2 Å². The third kappa shape index (κ3) is 5.95. The first-order chi connectivity index (χ1) is 18.3. The maximum atomic E-state index is 5.92. The van der Waals surface area contributed by atoms with E-state index in [0.717, 1.165) is 54.2 Å². The Balaban J connectivity index is 1.09. The molecule has 2 fully saturated rings. The molecule has 2 aliphatic rings. The Kier molecular flexibility index (Phi) is 7.33. The molecule has 1 atom stereocenters. The number of ether oxygens (including phenoxy) is 2. The molecule has 0 amide bonds. The summed E-state index contributed by atoms with van der Waals surface area (Å²) in [5.41, 5.74) is 5.21. The molecular formula is C30H35N5O2. The van der Waals surface area contributed by atoms with E-state index < -0.39 is 0 Å². The van der Waals surface area contributed by atoms with E-state index in [4.69, 9.17) is 19.6 Å². The average Bonchev–Trinajstić information content (AvgIpc) is 3.71. The summed E-state index contributed by atoms with van der Waals surface area (Å²) < 4.78 is 13.5. The molecule has 0 bridgehead atoms. The van der Waals surface area contributed by atoms with Crippen molar-refractivity contribution in [1.29, 1.82) is 0 Å². The summed E-state index contributed by atoms with van der Waals surface area (Å²) in [4.78, 5) is 7.28. The number of nitrogens with zero attached hydrogens (tertiary/aromatic N) is 4. The smallest absolute Gasteiger partial charge is 0.247 e. The van der Waals surface area contributed by atoms with E-state index in [-0.39, 0.29) is 6.10 Å². The van der Waals surface area contributed by atoms with E-state index in [0.29, 0.717) is 12.6 Å². The van der Waals surface area contributed by atoms with Gasteiger partial charge in [-0.15, -0.1) is 5.10 Å². The van der Waals surface area contributed by atoms with Crippen molar-refractivity contribution in [3.05, 3.63) is 72.3 Å². The van der Waals surface area contributed by atoms with Crippen LogP contribution in [-0.4, -0.2) is 58.4 Å². The predicted molar refractivity (Wildman–Crippen MR) is 147 cm³/mol. The highest BCUT2D eigenvalue weighted by Crippen LogP contribution is 2.25. The molecule has 2 aliphatic heterocycles. The van der Waals surface area contributed by atoms with Crippen LogP contribution in [0.3, 0.4) is 0 Å². The SMILES string of the molecule is c1cc(-c2ccc(OCC3CCCO3)cc2)n2nc(Nc3ccc(CCCN4CCCC4)cc3)nc2c1. The van der Waals surface area contributed by atoms with Crippen molar-refractivity contribution >= 4 is 17.3 Å². The van der Waals surface area contributed by atoms with E-state index >= 15 is 0 Å². The van der Waals surface area contributed by atoms with Gasteiger partial charge in [0.25, 0.3) is 0 Å². The Morgan fingerprint density at radius 1 is 0.946 bits per heavy atom. The van der Waals surface area contributed by atoms with Gasteiger partial charge in [0.05, 0.1) is 11.8 Å². The van der Waals surface area contributed by atoms with Gasteiger partial charge in [-0.2, -0.15) is 4.98 Å². The minimum absolute atomic E-state index is 0.213. The summed E-state index contributed by atoms with van der Waals surface area (Å²) in [5.74, 6) is 1.44. The molecule has 0 saturated carbocycles. The monoisotopic (exact) mass is 497 g/mol. The van der Waals surface area contributed by atoms with Crippen molar-refractivity contribution in [2.75, 3.05) is 38.2 Å². The van der Waals surface area contributed by atoms with Crippen LogP contribution in [0.25, 0.3) is 16.9 Å². The fourth-order valence-corrected chi connectivity index (χ4v) is 5.26. The lowest BCUT2D eigenvalue weighted by molar-refractivity contribution is 0.0679. The normalized spacial score (nSPS) is 18.0. The first-order valence-electron chi connectivity index (χ1n) is 13.6. The van der Waals surface area contributed by atoms with E-state index in [1.165, 1.54) is 44.5 Å². The van der Waals surface area contributed by atoms with E-state index in [9.17, 15) is 0 Å². The van der Waals surface area contributed by atoms with Crippen LogP contribution in [0.15, 0.2) is 66.7 Å². The molecule has 1 N–H and O–H groups in total. The summed E-state index contributed by atoms with van der Waals surface area (Å²) in [6, 6.07) is 22.8. The van der Waals surface area contributed by atoms with Crippen molar-refractivity contribution in [1.82, 2.24) is 19.5 Å². The Labute approximate surface area is 218 Å². The summed E-state index contributed by atoms with van der Waals surface area (Å²) in [6.45, 7) is 5.19. The zero-order chi connectivity index (χ0) is 24.9. The third-order valence-corrected chi connectivity index (χ3v) is 7.32. The van der Waals surface area contributed by atoms with Crippen molar-refractivity contribution in [2.24, 2.45) is 0 Å². The van der Waals surface area contributed by atoms with Crippen molar-refractivity contribution in [2.45, 2.75) is 44.6 Å². The minimum atomic E-state index is 0.213. The largest absolute Gasteiger partial charge is 0.491 e. The second kappa shape index (κ2) is 11.3. The highest BCUT2D eigenvalue weighted by Gasteiger charge is 2.16. The lowest BCUT2D eigenvalue weighted by atomic mass is 10.1. The number of nitrogens with one attached hydrogen (secondary N) is 1.